The Kier molecular flexibility index (Phi) is 4.21. The minimum Gasteiger partial charge on any atom is -0.333 e. The van der Waals surface area contributed by atoms with Crippen molar-refractivity contribution in [2.45, 2.75) is 69.9 Å². The molecule has 2 aliphatic carbocycles. The van der Waals surface area contributed by atoms with E-state index in [4.69, 9.17) is 0 Å². The number of carbonyl (C=O) groups is 1. The van der Waals surface area contributed by atoms with Crippen molar-refractivity contribution in [3.8, 4) is 6.07 Å². The third-order valence-corrected chi connectivity index (χ3v) is 5.92. The zero-order chi connectivity index (χ0) is 14.9. The average Bonchev–Trinajstić information content (AvgIpc) is 3.32. The number of piperidine rings is 1. The largest absolute Gasteiger partial charge is 0.333 e. The fourth-order valence-electron chi connectivity index (χ4n) is 4.51. The van der Waals surface area contributed by atoms with Crippen LogP contribution in [0, 0.1) is 23.2 Å². The summed E-state index contributed by atoms with van der Waals surface area (Å²) in [6.45, 7) is 3.57. The Morgan fingerprint density at radius 1 is 1.24 bits per heavy atom. The molecule has 4 nitrogen and oxygen atoms in total. The molecule has 3 rings (SSSR count). The van der Waals surface area contributed by atoms with Crippen LogP contribution < -0.4 is 10.2 Å². The number of rotatable bonds is 4. The number of quaternary nitrogens is 1. The van der Waals surface area contributed by atoms with Crippen molar-refractivity contribution in [2.75, 3.05) is 13.1 Å². The molecule has 2 saturated carbocycles. The number of hydrogen-bond acceptors (Lipinski definition) is 2. The van der Waals surface area contributed by atoms with Crippen LogP contribution in [0.15, 0.2) is 0 Å². The summed E-state index contributed by atoms with van der Waals surface area (Å²) < 4.78 is 0. The van der Waals surface area contributed by atoms with E-state index < -0.39 is 5.54 Å². The molecular weight excluding hydrogens is 262 g/mol. The van der Waals surface area contributed by atoms with E-state index >= 15 is 0 Å². The van der Waals surface area contributed by atoms with Crippen molar-refractivity contribution in [3.05, 3.63) is 0 Å². The van der Waals surface area contributed by atoms with Gasteiger partial charge < -0.3 is 10.2 Å². The summed E-state index contributed by atoms with van der Waals surface area (Å²) in [6.07, 6.45) is 10.1. The lowest BCUT2D eigenvalue weighted by Crippen LogP contribution is -3.18. The van der Waals surface area contributed by atoms with Gasteiger partial charge in [-0.1, -0.05) is 6.42 Å². The van der Waals surface area contributed by atoms with E-state index in [2.05, 4.69) is 11.4 Å². The maximum Gasteiger partial charge on any atom is 0.276 e. The van der Waals surface area contributed by atoms with Gasteiger partial charge in [0.15, 0.2) is 6.54 Å². The highest BCUT2D eigenvalue weighted by Gasteiger charge is 2.44. The first-order chi connectivity index (χ1) is 10.1. The van der Waals surface area contributed by atoms with Crippen LogP contribution in [0.3, 0.4) is 0 Å². The van der Waals surface area contributed by atoms with Crippen molar-refractivity contribution in [1.82, 2.24) is 5.32 Å². The molecular formula is C17H28N3O+. The highest BCUT2D eigenvalue weighted by Crippen LogP contribution is 2.39. The molecule has 4 heteroatoms. The molecule has 0 aromatic heterocycles. The molecule has 0 aromatic rings. The fraction of sp³-hybridized carbons (Fsp3) is 0.882. The van der Waals surface area contributed by atoms with Gasteiger partial charge in [-0.05, 0) is 57.8 Å². The maximum absolute atomic E-state index is 12.4. The lowest BCUT2D eigenvalue weighted by Gasteiger charge is -2.41. The zero-order valence-electron chi connectivity index (χ0n) is 13.2. The van der Waals surface area contributed by atoms with Gasteiger partial charge in [-0.15, -0.1) is 0 Å². The van der Waals surface area contributed by atoms with Crippen LogP contribution in [0.25, 0.3) is 0 Å². The number of nitrogens with zero attached hydrogens (tertiary/aromatic N) is 1. The van der Waals surface area contributed by atoms with Crippen LogP contribution in [-0.4, -0.2) is 30.6 Å². The Hall–Kier alpha value is -1.08. The van der Waals surface area contributed by atoms with Crippen molar-refractivity contribution in [2.24, 2.45) is 11.8 Å². The Bertz CT molecular complexity index is 438. The van der Waals surface area contributed by atoms with Crippen molar-refractivity contribution < 1.29 is 9.69 Å². The topological polar surface area (TPSA) is 57.3 Å². The molecule has 4 atom stereocenters. The van der Waals surface area contributed by atoms with Crippen LogP contribution in [0.5, 0.6) is 0 Å². The summed E-state index contributed by atoms with van der Waals surface area (Å²) in [4.78, 5) is 13.9. The highest BCUT2D eigenvalue weighted by molar-refractivity contribution is 5.78. The first kappa shape index (κ1) is 14.8. The highest BCUT2D eigenvalue weighted by atomic mass is 16.2. The predicted octanol–water partition coefficient (Wildman–Crippen LogP) is 1.03. The van der Waals surface area contributed by atoms with Crippen LogP contribution >= 0.6 is 0 Å². The zero-order valence-corrected chi connectivity index (χ0v) is 13.2. The second-order valence-corrected chi connectivity index (χ2v) is 7.51. The molecule has 1 aliphatic heterocycles. The summed E-state index contributed by atoms with van der Waals surface area (Å²) >= 11 is 0. The van der Waals surface area contributed by atoms with Crippen molar-refractivity contribution >= 4 is 5.91 Å². The lowest BCUT2D eigenvalue weighted by atomic mass is 9.78. The number of nitriles is 1. The lowest BCUT2D eigenvalue weighted by molar-refractivity contribution is -0.928. The first-order valence-electron chi connectivity index (χ1n) is 8.69. The third-order valence-electron chi connectivity index (χ3n) is 5.92. The summed E-state index contributed by atoms with van der Waals surface area (Å²) in [5.41, 5.74) is -0.641. The summed E-state index contributed by atoms with van der Waals surface area (Å²) in [5.74, 6) is 1.28. The van der Waals surface area contributed by atoms with Crippen LogP contribution in [0.2, 0.25) is 0 Å². The van der Waals surface area contributed by atoms with Gasteiger partial charge in [0.1, 0.15) is 5.54 Å². The molecule has 2 N–H and O–H groups in total. The molecule has 0 aromatic carbocycles. The van der Waals surface area contributed by atoms with E-state index in [9.17, 15) is 10.1 Å². The Morgan fingerprint density at radius 3 is 2.67 bits per heavy atom. The van der Waals surface area contributed by atoms with Crippen LogP contribution in [-0.2, 0) is 4.79 Å². The van der Waals surface area contributed by atoms with Gasteiger partial charge in [0.05, 0.1) is 18.7 Å². The first-order valence-corrected chi connectivity index (χ1v) is 8.69. The standard InChI is InChI=1S/C17H27N3O/c1-17(12-18,14-8-9-14)19-16(21)11-20-10-4-6-13-5-2-3-7-15(13)20/h13-15H,2-11H2,1H3,(H,19,21)/p+1/t13-,15+,17+/m1/s1. The van der Waals surface area contributed by atoms with E-state index in [-0.39, 0.29) is 5.91 Å². The minimum absolute atomic E-state index is 0.0761. The van der Waals surface area contributed by atoms with Crippen LogP contribution in [0.1, 0.15) is 58.3 Å². The number of hydrogen-bond donors (Lipinski definition) is 2. The molecule has 116 valence electrons. The number of fused-ring (bicyclic) bond motifs is 1. The molecule has 3 fully saturated rings. The maximum atomic E-state index is 12.4. The SMILES string of the molecule is C[C@@](C#N)(NC(=O)C[NH+]1CCC[C@H]2CCCC[C@@H]21)C1CC1. The second kappa shape index (κ2) is 5.96. The Morgan fingerprint density at radius 2 is 1.95 bits per heavy atom. The molecule has 1 unspecified atom stereocenters. The third kappa shape index (κ3) is 3.23. The van der Waals surface area contributed by atoms with Crippen molar-refractivity contribution in [3.63, 3.8) is 0 Å². The number of nitrogens with one attached hydrogen (secondary N) is 2. The van der Waals surface area contributed by atoms with E-state index in [1.807, 2.05) is 6.92 Å². The van der Waals surface area contributed by atoms with Gasteiger partial charge in [0, 0.05) is 5.92 Å². The summed E-state index contributed by atoms with van der Waals surface area (Å²) in [5, 5.41) is 12.4. The number of amides is 1. The Balaban J connectivity index is 1.57. The second-order valence-electron chi connectivity index (χ2n) is 7.51. The number of likely N-dealkylation sites (tertiary alicyclic amines) is 1. The van der Waals surface area contributed by atoms with E-state index in [0.717, 1.165) is 25.3 Å². The van der Waals surface area contributed by atoms with Gasteiger partial charge in [0.2, 0.25) is 0 Å². The molecule has 0 bridgehead atoms. The van der Waals surface area contributed by atoms with Gasteiger partial charge in [0.25, 0.3) is 5.91 Å². The minimum atomic E-state index is -0.641. The van der Waals surface area contributed by atoms with Crippen LogP contribution in [0.4, 0.5) is 0 Å². The molecule has 1 heterocycles. The monoisotopic (exact) mass is 290 g/mol. The van der Waals surface area contributed by atoms with Gasteiger partial charge >= 0.3 is 0 Å². The van der Waals surface area contributed by atoms with Crippen molar-refractivity contribution in [1.29, 1.82) is 5.26 Å². The van der Waals surface area contributed by atoms with Gasteiger partial charge in [-0.3, -0.25) is 4.79 Å². The van der Waals surface area contributed by atoms with E-state index in [1.54, 1.807) is 0 Å². The van der Waals surface area contributed by atoms with E-state index in [1.165, 1.54) is 43.4 Å². The smallest absolute Gasteiger partial charge is 0.276 e. The molecule has 3 aliphatic rings. The Labute approximate surface area is 127 Å². The normalized spacial score (nSPS) is 35.1. The molecule has 21 heavy (non-hydrogen) atoms. The molecule has 0 spiro atoms. The predicted molar refractivity (Wildman–Crippen MR) is 80.6 cm³/mol. The average molecular weight is 290 g/mol. The van der Waals surface area contributed by atoms with Gasteiger partial charge in [-0.2, -0.15) is 5.26 Å². The summed E-state index contributed by atoms with van der Waals surface area (Å²) in [6, 6.07) is 3.01. The van der Waals surface area contributed by atoms with E-state index in [0.29, 0.717) is 18.5 Å². The molecule has 0 radical (unpaired) electrons. The molecule has 1 amide bonds. The quantitative estimate of drug-likeness (QED) is 0.812. The summed E-state index contributed by atoms with van der Waals surface area (Å²) in [7, 11) is 0. The fourth-order valence-corrected chi connectivity index (χ4v) is 4.51. The number of carbonyl (C=O) groups excluding carboxylic acids is 1. The van der Waals surface area contributed by atoms with Gasteiger partial charge in [-0.25, -0.2) is 0 Å². The molecule has 1 saturated heterocycles.